The Kier molecular flexibility index (Phi) is 6.57. The first-order valence-electron chi connectivity index (χ1n) is 11.9. The number of aryl methyl sites for hydroxylation is 3. The fourth-order valence-electron chi connectivity index (χ4n) is 4.67. The standard InChI is InChI=1S/C32H29N2P/c1-22-20-23(2)31(24(3)21-22)33-25(4)29-19-18-26-12-11-17-30(32(26)34-29)35(27-13-7-5-8-14-27)28-15-9-6-10-16-28/h5-21H,1-4H3. The van der Waals surface area contributed by atoms with E-state index < -0.39 is 7.92 Å². The lowest BCUT2D eigenvalue weighted by molar-refractivity contribution is 1.27. The van der Waals surface area contributed by atoms with Gasteiger partial charge in [0.15, 0.2) is 0 Å². The van der Waals surface area contributed by atoms with E-state index in [9.17, 15) is 0 Å². The number of fused-ring (bicyclic) bond motifs is 1. The second-order valence-corrected chi connectivity index (χ2v) is 11.2. The highest BCUT2D eigenvalue weighted by Crippen LogP contribution is 2.35. The molecule has 0 amide bonds. The van der Waals surface area contributed by atoms with E-state index in [0.29, 0.717) is 0 Å². The van der Waals surface area contributed by atoms with E-state index >= 15 is 0 Å². The van der Waals surface area contributed by atoms with E-state index in [-0.39, 0.29) is 0 Å². The molecule has 1 heterocycles. The smallest absolute Gasteiger partial charge is 0.0849 e. The van der Waals surface area contributed by atoms with E-state index in [1.54, 1.807) is 0 Å². The zero-order chi connectivity index (χ0) is 24.4. The number of nitrogens with zero attached hydrogens (tertiary/aromatic N) is 2. The van der Waals surface area contributed by atoms with Crippen LogP contribution in [0.3, 0.4) is 0 Å². The average Bonchev–Trinajstić information content (AvgIpc) is 2.87. The SMILES string of the molecule is CC(=Nc1c(C)cc(C)cc1C)c1ccc2cccc(P(c3ccccc3)c3ccccc3)c2n1. The van der Waals surface area contributed by atoms with Crippen molar-refractivity contribution in [2.45, 2.75) is 27.7 Å². The van der Waals surface area contributed by atoms with Gasteiger partial charge in [-0.05, 0) is 63.4 Å². The van der Waals surface area contributed by atoms with Crippen LogP contribution in [0.4, 0.5) is 5.69 Å². The Morgan fingerprint density at radius 3 is 1.89 bits per heavy atom. The summed E-state index contributed by atoms with van der Waals surface area (Å²) >= 11 is 0. The van der Waals surface area contributed by atoms with Crippen LogP contribution in [-0.2, 0) is 0 Å². The summed E-state index contributed by atoms with van der Waals surface area (Å²) < 4.78 is 0. The summed E-state index contributed by atoms with van der Waals surface area (Å²) in [6.07, 6.45) is 0. The second-order valence-electron chi connectivity index (χ2n) is 9.00. The molecule has 0 unspecified atom stereocenters. The van der Waals surface area contributed by atoms with Crippen LogP contribution in [0, 0.1) is 20.8 Å². The second kappa shape index (κ2) is 9.94. The van der Waals surface area contributed by atoms with Gasteiger partial charge < -0.3 is 0 Å². The molecule has 0 fully saturated rings. The summed E-state index contributed by atoms with van der Waals surface area (Å²) in [5.74, 6) is 0. The van der Waals surface area contributed by atoms with Crippen molar-refractivity contribution >= 4 is 46.1 Å². The molecule has 0 atom stereocenters. The molecule has 0 aliphatic heterocycles. The Morgan fingerprint density at radius 1 is 0.686 bits per heavy atom. The van der Waals surface area contributed by atoms with Crippen molar-refractivity contribution in [3.63, 3.8) is 0 Å². The lowest BCUT2D eigenvalue weighted by atomic mass is 10.1. The number of benzene rings is 4. The molecule has 4 aromatic carbocycles. The van der Waals surface area contributed by atoms with Gasteiger partial charge in [0.1, 0.15) is 0 Å². The van der Waals surface area contributed by atoms with Crippen LogP contribution in [0.2, 0.25) is 0 Å². The Balaban J connectivity index is 1.67. The zero-order valence-electron chi connectivity index (χ0n) is 20.7. The molecule has 0 aliphatic carbocycles. The molecule has 172 valence electrons. The van der Waals surface area contributed by atoms with Gasteiger partial charge >= 0.3 is 0 Å². The first kappa shape index (κ1) is 23.1. The monoisotopic (exact) mass is 472 g/mol. The van der Waals surface area contributed by atoms with Crippen molar-refractivity contribution in [2.24, 2.45) is 4.99 Å². The lowest BCUT2D eigenvalue weighted by Crippen LogP contribution is -2.22. The van der Waals surface area contributed by atoms with Gasteiger partial charge in [-0.3, -0.25) is 4.99 Å². The number of hydrogen-bond donors (Lipinski definition) is 0. The molecular formula is C32H29N2P. The first-order chi connectivity index (χ1) is 17.0. The Labute approximate surface area is 209 Å². The minimum absolute atomic E-state index is 0.742. The summed E-state index contributed by atoms with van der Waals surface area (Å²) in [7, 11) is -0.742. The van der Waals surface area contributed by atoms with E-state index in [2.05, 4.69) is 131 Å². The molecule has 2 nitrogen and oxygen atoms in total. The molecule has 1 aromatic heterocycles. The highest BCUT2D eigenvalue weighted by atomic mass is 31.1. The topological polar surface area (TPSA) is 25.2 Å². The number of aromatic nitrogens is 1. The Hall–Kier alpha value is -3.61. The van der Waals surface area contributed by atoms with E-state index in [0.717, 1.165) is 28.0 Å². The molecule has 0 bridgehead atoms. The molecular weight excluding hydrogens is 443 g/mol. The molecule has 35 heavy (non-hydrogen) atoms. The zero-order valence-corrected chi connectivity index (χ0v) is 21.6. The van der Waals surface area contributed by atoms with Crippen LogP contribution >= 0.6 is 7.92 Å². The van der Waals surface area contributed by atoms with E-state index in [1.165, 1.54) is 32.6 Å². The summed E-state index contributed by atoms with van der Waals surface area (Å²) in [6, 6.07) is 36.8. The maximum Gasteiger partial charge on any atom is 0.0849 e. The molecule has 0 spiro atoms. The number of hydrogen-bond acceptors (Lipinski definition) is 2. The molecule has 3 heteroatoms. The summed E-state index contributed by atoms with van der Waals surface area (Å²) in [5, 5.41) is 5.07. The van der Waals surface area contributed by atoms with Crippen molar-refractivity contribution in [3.8, 4) is 0 Å². The van der Waals surface area contributed by atoms with Crippen molar-refractivity contribution in [2.75, 3.05) is 0 Å². The Bertz CT molecular complexity index is 1460. The maximum atomic E-state index is 5.21. The fraction of sp³-hybridized carbons (Fsp3) is 0.125. The predicted molar refractivity (Wildman–Crippen MR) is 153 cm³/mol. The van der Waals surface area contributed by atoms with Crippen LogP contribution in [-0.4, -0.2) is 10.7 Å². The van der Waals surface area contributed by atoms with Crippen LogP contribution < -0.4 is 15.9 Å². The quantitative estimate of drug-likeness (QED) is 0.199. The van der Waals surface area contributed by atoms with Crippen LogP contribution in [0.5, 0.6) is 0 Å². The molecule has 0 saturated carbocycles. The first-order valence-corrected chi connectivity index (χ1v) is 13.3. The third-order valence-electron chi connectivity index (χ3n) is 6.25. The maximum absolute atomic E-state index is 5.21. The minimum atomic E-state index is -0.742. The van der Waals surface area contributed by atoms with Crippen LogP contribution in [0.1, 0.15) is 29.3 Å². The van der Waals surface area contributed by atoms with Crippen LogP contribution in [0.25, 0.3) is 10.9 Å². The Morgan fingerprint density at radius 2 is 1.29 bits per heavy atom. The van der Waals surface area contributed by atoms with Gasteiger partial charge in [-0.25, -0.2) is 4.98 Å². The normalized spacial score (nSPS) is 11.9. The van der Waals surface area contributed by atoms with Crippen molar-refractivity contribution < 1.29 is 0 Å². The molecule has 5 aromatic rings. The lowest BCUT2D eigenvalue weighted by Gasteiger charge is -2.21. The van der Waals surface area contributed by atoms with Gasteiger partial charge in [-0.1, -0.05) is 103 Å². The minimum Gasteiger partial charge on any atom is -0.251 e. The fourth-order valence-corrected chi connectivity index (χ4v) is 7.09. The summed E-state index contributed by atoms with van der Waals surface area (Å²) in [5.41, 5.74) is 7.59. The molecule has 0 saturated heterocycles. The number of aliphatic imine (C=N–C) groups is 1. The van der Waals surface area contributed by atoms with Gasteiger partial charge in [-0.2, -0.15) is 0 Å². The van der Waals surface area contributed by atoms with Gasteiger partial charge in [0.25, 0.3) is 0 Å². The molecule has 5 rings (SSSR count). The van der Waals surface area contributed by atoms with Crippen molar-refractivity contribution in [3.05, 3.63) is 126 Å². The summed E-state index contributed by atoms with van der Waals surface area (Å²) in [6.45, 7) is 8.45. The third-order valence-corrected chi connectivity index (χ3v) is 8.73. The van der Waals surface area contributed by atoms with Crippen LogP contribution in [0.15, 0.2) is 108 Å². The van der Waals surface area contributed by atoms with Gasteiger partial charge in [0.05, 0.1) is 22.6 Å². The predicted octanol–water partition coefficient (Wildman–Crippen LogP) is 7.06. The van der Waals surface area contributed by atoms with E-state index in [4.69, 9.17) is 9.98 Å². The number of rotatable bonds is 5. The average molecular weight is 473 g/mol. The molecule has 0 radical (unpaired) electrons. The number of para-hydroxylation sites is 1. The largest absolute Gasteiger partial charge is 0.251 e. The highest BCUT2D eigenvalue weighted by Gasteiger charge is 2.19. The summed E-state index contributed by atoms with van der Waals surface area (Å²) in [4.78, 5) is 10.2. The van der Waals surface area contributed by atoms with Crippen molar-refractivity contribution in [1.82, 2.24) is 4.98 Å². The highest BCUT2D eigenvalue weighted by molar-refractivity contribution is 7.80. The van der Waals surface area contributed by atoms with Gasteiger partial charge in [-0.15, -0.1) is 0 Å². The number of pyridine rings is 1. The third kappa shape index (κ3) is 4.81. The van der Waals surface area contributed by atoms with Gasteiger partial charge in [0, 0.05) is 10.7 Å². The van der Waals surface area contributed by atoms with Gasteiger partial charge in [0.2, 0.25) is 0 Å². The van der Waals surface area contributed by atoms with E-state index in [1.807, 2.05) is 0 Å². The molecule has 0 N–H and O–H groups in total. The molecule has 0 aliphatic rings. The van der Waals surface area contributed by atoms with Crippen molar-refractivity contribution in [1.29, 1.82) is 0 Å².